The van der Waals surface area contributed by atoms with Crippen molar-refractivity contribution in [3.63, 3.8) is 0 Å². The van der Waals surface area contributed by atoms with Gasteiger partial charge in [0.15, 0.2) is 28.8 Å². The molecule has 1 aromatic heterocycles. The van der Waals surface area contributed by atoms with E-state index in [9.17, 15) is 19.1 Å². The quantitative estimate of drug-likeness (QED) is 0.145. The Morgan fingerprint density at radius 1 is 0.878 bits per heavy atom. The van der Waals surface area contributed by atoms with Crippen LogP contribution in [0, 0.1) is 5.82 Å². The number of methoxy groups -OCH3 is 3. The number of nitrogens with zero attached hydrogens (tertiary/aromatic N) is 2. The van der Waals surface area contributed by atoms with Gasteiger partial charge in [-0.3, -0.25) is 4.79 Å². The SMILES string of the molecule is COc1ccc(C(=O)/C(Cc2cc(OC)c(OC(C)C)c(OC)c2)=C(/C(=O)[O-])c2ccc3nsnc3c2)cc1F.[Na+]. The minimum atomic E-state index is -1.58. The molecule has 41 heavy (non-hydrogen) atoms. The van der Waals surface area contributed by atoms with Crippen LogP contribution < -0.4 is 53.6 Å². The number of rotatable bonds is 11. The van der Waals surface area contributed by atoms with Crippen LogP contribution in [0.25, 0.3) is 16.6 Å². The third-order valence-electron chi connectivity index (χ3n) is 5.99. The van der Waals surface area contributed by atoms with Gasteiger partial charge in [-0.1, -0.05) is 6.07 Å². The molecule has 3 aromatic carbocycles. The van der Waals surface area contributed by atoms with Gasteiger partial charge in [0, 0.05) is 23.1 Å². The fourth-order valence-corrected chi connectivity index (χ4v) is 4.73. The maximum Gasteiger partial charge on any atom is 1.00 e. The second-order valence-corrected chi connectivity index (χ2v) is 9.49. The number of carboxylic acid groups (broad SMARTS) is 1. The summed E-state index contributed by atoms with van der Waals surface area (Å²) in [5.74, 6) is -2.10. The Balaban J connectivity index is 0.00000462. The molecule has 1 heterocycles. The Morgan fingerprint density at radius 3 is 2.05 bits per heavy atom. The van der Waals surface area contributed by atoms with E-state index in [1.165, 1.54) is 45.6 Å². The summed E-state index contributed by atoms with van der Waals surface area (Å²) < 4.78 is 44.8. The molecule has 0 saturated heterocycles. The summed E-state index contributed by atoms with van der Waals surface area (Å²) in [7, 11) is 4.21. The van der Waals surface area contributed by atoms with Crippen LogP contribution in [0.4, 0.5) is 4.39 Å². The molecule has 0 aliphatic carbocycles. The molecule has 0 fully saturated rings. The number of ether oxygens (including phenoxy) is 4. The van der Waals surface area contributed by atoms with Crippen LogP contribution in [0.5, 0.6) is 23.0 Å². The Morgan fingerprint density at radius 2 is 1.49 bits per heavy atom. The van der Waals surface area contributed by atoms with Crippen molar-refractivity contribution >= 4 is 40.1 Å². The number of hydrogen-bond donors (Lipinski definition) is 0. The summed E-state index contributed by atoms with van der Waals surface area (Å²) >= 11 is 0.975. The molecular weight excluding hydrogens is 562 g/mol. The topological polar surface area (TPSA) is 120 Å². The number of hydrogen-bond acceptors (Lipinski definition) is 10. The van der Waals surface area contributed by atoms with Crippen LogP contribution >= 0.6 is 11.7 Å². The summed E-state index contributed by atoms with van der Waals surface area (Å²) in [6.07, 6.45) is -0.367. The van der Waals surface area contributed by atoms with E-state index in [0.717, 1.165) is 17.8 Å². The number of Topliss-reactive ketones (excluding diaryl/α,β-unsaturated/α-hetero) is 1. The van der Waals surface area contributed by atoms with Gasteiger partial charge in [0.25, 0.3) is 0 Å². The van der Waals surface area contributed by atoms with Gasteiger partial charge in [0.05, 0.1) is 45.1 Å². The van der Waals surface area contributed by atoms with Crippen LogP contribution in [0.1, 0.15) is 35.3 Å². The van der Waals surface area contributed by atoms with Crippen molar-refractivity contribution in [1.29, 1.82) is 0 Å². The third kappa shape index (κ3) is 7.05. The van der Waals surface area contributed by atoms with Gasteiger partial charge in [-0.2, -0.15) is 8.75 Å². The Hall–Kier alpha value is -3.51. The van der Waals surface area contributed by atoms with Gasteiger partial charge in [-0.15, -0.1) is 0 Å². The van der Waals surface area contributed by atoms with E-state index in [2.05, 4.69) is 8.75 Å². The zero-order chi connectivity index (χ0) is 29.0. The molecule has 0 aliphatic rings. The molecule has 4 aromatic rings. The van der Waals surface area contributed by atoms with Gasteiger partial charge in [-0.05, 0) is 67.4 Å². The number of fused-ring (bicyclic) bond motifs is 1. The van der Waals surface area contributed by atoms with Crippen molar-refractivity contribution in [3.05, 3.63) is 76.6 Å². The zero-order valence-corrected chi connectivity index (χ0v) is 26.3. The van der Waals surface area contributed by atoms with Crippen LogP contribution in [0.2, 0.25) is 0 Å². The van der Waals surface area contributed by atoms with Crippen molar-refractivity contribution in [2.45, 2.75) is 26.4 Å². The maximum atomic E-state index is 14.6. The molecule has 0 N–H and O–H groups in total. The van der Waals surface area contributed by atoms with E-state index in [-0.39, 0.29) is 70.1 Å². The first-order valence-corrected chi connectivity index (χ1v) is 12.9. The van der Waals surface area contributed by atoms with Crippen molar-refractivity contribution in [2.24, 2.45) is 0 Å². The molecular formula is C29H26FN2NaO7S. The van der Waals surface area contributed by atoms with Crippen LogP contribution in [0.3, 0.4) is 0 Å². The summed E-state index contributed by atoms with van der Waals surface area (Å²) in [6, 6.07) is 11.6. The number of aromatic nitrogens is 2. The van der Waals surface area contributed by atoms with Crippen LogP contribution in [0.15, 0.2) is 54.1 Å². The molecule has 9 nitrogen and oxygen atoms in total. The molecule has 0 amide bonds. The average molecular weight is 589 g/mol. The maximum absolute atomic E-state index is 14.6. The van der Waals surface area contributed by atoms with Gasteiger partial charge in [-0.25, -0.2) is 4.39 Å². The minimum Gasteiger partial charge on any atom is -0.545 e. The first kappa shape index (κ1) is 32.0. The van der Waals surface area contributed by atoms with Crippen molar-refractivity contribution in [2.75, 3.05) is 21.3 Å². The predicted octanol–water partition coefficient (Wildman–Crippen LogP) is 1.28. The number of carbonyl (C=O) groups excluding carboxylic acids is 2. The number of carbonyl (C=O) groups is 2. The molecule has 4 rings (SSSR count). The number of ketones is 1. The number of benzene rings is 3. The van der Waals surface area contributed by atoms with Gasteiger partial charge in [0.1, 0.15) is 11.0 Å². The molecule has 0 atom stereocenters. The fraction of sp³-hybridized carbons (Fsp3) is 0.241. The van der Waals surface area contributed by atoms with Gasteiger partial charge in [0.2, 0.25) is 5.75 Å². The average Bonchev–Trinajstić information content (AvgIpc) is 3.40. The largest absolute Gasteiger partial charge is 1.00 e. The molecule has 0 radical (unpaired) electrons. The second-order valence-electron chi connectivity index (χ2n) is 8.96. The Bertz CT molecular complexity index is 1600. The van der Waals surface area contributed by atoms with E-state index in [1.807, 2.05) is 13.8 Å². The molecule has 0 aliphatic heterocycles. The molecule has 0 spiro atoms. The molecule has 0 saturated carbocycles. The van der Waals surface area contributed by atoms with Crippen molar-refractivity contribution < 1.29 is 67.6 Å². The van der Waals surface area contributed by atoms with Gasteiger partial charge >= 0.3 is 29.6 Å². The van der Waals surface area contributed by atoms with Crippen molar-refractivity contribution in [1.82, 2.24) is 8.75 Å². The van der Waals surface area contributed by atoms with Crippen LogP contribution in [-0.4, -0.2) is 47.9 Å². The zero-order valence-electron chi connectivity index (χ0n) is 23.4. The third-order valence-corrected chi connectivity index (χ3v) is 6.55. The summed E-state index contributed by atoms with van der Waals surface area (Å²) in [4.78, 5) is 26.5. The fourth-order valence-electron chi connectivity index (χ4n) is 4.21. The molecule has 208 valence electrons. The number of halogens is 1. The minimum absolute atomic E-state index is 0. The monoisotopic (exact) mass is 588 g/mol. The predicted molar refractivity (Wildman–Crippen MR) is 146 cm³/mol. The first-order valence-electron chi connectivity index (χ1n) is 12.1. The summed E-state index contributed by atoms with van der Waals surface area (Å²) in [5.41, 5.74) is 1.13. The normalized spacial score (nSPS) is 11.5. The molecule has 12 heteroatoms. The molecule has 0 unspecified atom stereocenters. The standard InChI is InChI=1S/C29H27FN2O7S.Na/c1-15(2)39-28-24(37-4)11-16(12-25(28)38-5)10-19(27(33)18-7-9-23(36-3)20(30)13-18)26(29(34)35)17-6-8-21-22(14-17)32-40-31-21;/h6-9,11-15H,10H2,1-5H3,(H,34,35);/q;+1/p-1/b26-19+;. The Kier molecular flexibility index (Phi) is 10.9. The van der Waals surface area contributed by atoms with E-state index in [1.54, 1.807) is 18.2 Å². The smallest absolute Gasteiger partial charge is 0.545 e. The number of allylic oxidation sites excluding steroid dienone is 1. The van der Waals surface area contributed by atoms with E-state index in [0.29, 0.717) is 33.8 Å². The number of carboxylic acids is 1. The number of aliphatic carboxylic acids is 1. The van der Waals surface area contributed by atoms with Crippen molar-refractivity contribution in [3.8, 4) is 23.0 Å². The first-order chi connectivity index (χ1) is 19.2. The van der Waals surface area contributed by atoms with Gasteiger partial charge < -0.3 is 28.8 Å². The molecule has 0 bridgehead atoms. The van der Waals surface area contributed by atoms with E-state index < -0.39 is 17.6 Å². The van der Waals surface area contributed by atoms with E-state index >= 15 is 0 Å². The summed E-state index contributed by atoms with van der Waals surface area (Å²) in [6.45, 7) is 3.70. The second kappa shape index (κ2) is 13.9. The Labute approximate surface area is 262 Å². The van der Waals surface area contributed by atoms with E-state index in [4.69, 9.17) is 18.9 Å². The van der Waals surface area contributed by atoms with Crippen LogP contribution in [-0.2, 0) is 11.2 Å². The summed E-state index contributed by atoms with van der Waals surface area (Å²) in [5, 5.41) is 12.6.